The molecule has 3 atom stereocenters. The van der Waals surface area contributed by atoms with Crippen LogP contribution in [0.4, 0.5) is 17.1 Å². The normalized spacial score (nSPS) is 20.6. The number of hydrogen-bond acceptors (Lipinski definition) is 1. The molecule has 352 valence electrons. The van der Waals surface area contributed by atoms with E-state index in [1.54, 1.807) is 5.57 Å². The third-order valence-corrected chi connectivity index (χ3v) is 19.1. The summed E-state index contributed by atoms with van der Waals surface area (Å²) in [5.41, 5.74) is 26.8. The first-order valence-corrected chi connectivity index (χ1v) is 27.0. The van der Waals surface area contributed by atoms with E-state index in [1.807, 2.05) is 0 Å². The predicted octanol–water partition coefficient (Wildman–Crippen LogP) is 16.9. The van der Waals surface area contributed by atoms with Crippen molar-refractivity contribution in [2.75, 3.05) is 4.90 Å². The van der Waals surface area contributed by atoms with E-state index in [1.165, 1.54) is 127 Å². The molecule has 0 aliphatic heterocycles. The van der Waals surface area contributed by atoms with Gasteiger partial charge in [0.05, 0.1) is 10.8 Å². The van der Waals surface area contributed by atoms with E-state index in [4.69, 9.17) is 0 Å². The third-order valence-electron chi connectivity index (χ3n) is 19.1. The topological polar surface area (TPSA) is 3.24 Å². The molecule has 11 aromatic carbocycles. The molecule has 1 nitrogen and oxygen atoms in total. The maximum atomic E-state index is 2.66. The largest absolute Gasteiger partial charge is 0.310 e. The zero-order valence-electron chi connectivity index (χ0n) is 42.0. The van der Waals surface area contributed by atoms with Crippen molar-refractivity contribution in [3.05, 3.63) is 292 Å². The third kappa shape index (κ3) is 4.92. The van der Waals surface area contributed by atoms with E-state index in [-0.39, 0.29) is 16.2 Å². The van der Waals surface area contributed by atoms with Crippen LogP contribution in [0.25, 0.3) is 78.1 Å². The van der Waals surface area contributed by atoms with Crippen molar-refractivity contribution in [3.8, 4) is 55.6 Å². The summed E-state index contributed by atoms with van der Waals surface area (Å²) in [6.45, 7) is 4.80. The van der Waals surface area contributed by atoms with Crippen molar-refractivity contribution in [2.45, 2.75) is 48.3 Å². The van der Waals surface area contributed by atoms with E-state index >= 15 is 0 Å². The molecule has 3 spiro atoms. The molecule has 17 rings (SSSR count). The second kappa shape index (κ2) is 14.5. The van der Waals surface area contributed by atoms with Crippen LogP contribution in [0, 0.1) is 0 Å². The van der Waals surface area contributed by atoms with Crippen LogP contribution >= 0.6 is 0 Å². The molecule has 6 aliphatic rings. The molecule has 1 heteroatoms. The Balaban J connectivity index is 0.970. The first kappa shape index (κ1) is 41.7. The van der Waals surface area contributed by atoms with Gasteiger partial charge in [0.15, 0.2) is 0 Å². The fourth-order valence-electron chi connectivity index (χ4n) is 16.4. The van der Waals surface area contributed by atoms with Crippen molar-refractivity contribution in [1.29, 1.82) is 0 Å². The lowest BCUT2D eigenvalue weighted by Gasteiger charge is -2.37. The molecule has 0 amide bonds. The Morgan fingerprint density at radius 3 is 1.56 bits per heavy atom. The molecule has 0 aromatic heterocycles. The molecular formula is C74H51N. The van der Waals surface area contributed by atoms with Crippen LogP contribution in [0.1, 0.15) is 65.6 Å². The van der Waals surface area contributed by atoms with E-state index in [2.05, 4.69) is 267 Å². The molecule has 0 radical (unpaired) electrons. The molecule has 11 aromatic rings. The molecular weight excluding hydrogens is 903 g/mol. The average molecular weight is 954 g/mol. The molecule has 1 fully saturated rings. The second-order valence-corrected chi connectivity index (χ2v) is 22.5. The standard InChI is InChI=1S/C74H51N/c1-71(2)61-27-13-12-26-57(61)58-38-37-55(44-67(58)71)75(54-35-31-49(32-36-54)46-17-6-3-7-18-46)56-41-53-25-16-30-66-70(53)68(45-56)73-63-40-34-52(48-21-10-5-11-22-48)43-60(63)59-42-51(47-19-8-4-9-20-47)33-39-62(59)72(73)64-28-14-23-50-24-15-29-65(69(50)64)74(66,72)73/h3-14,16-28,30-45H,15,29H2,1-2H3. The molecule has 1 saturated carbocycles. The number of anilines is 3. The minimum absolute atomic E-state index is 0.153. The highest BCUT2D eigenvalue weighted by atomic mass is 15.1. The van der Waals surface area contributed by atoms with Gasteiger partial charge in [-0.1, -0.05) is 214 Å². The molecule has 75 heavy (non-hydrogen) atoms. The Bertz CT molecular complexity index is 4430. The van der Waals surface area contributed by atoms with Gasteiger partial charge in [-0.15, -0.1) is 0 Å². The van der Waals surface area contributed by atoms with Crippen molar-refractivity contribution >= 4 is 39.5 Å². The SMILES string of the molecule is CC1(C)c2ccccc2-c2ccc(N(c3ccc(-c4ccccc4)cc3)c3cc4c5c(cccc5c3)C35C6=c7c(cccc7=CCC6)C36c3ccc(-c7ccccc7)cc3-c3cc(-c7ccccc7)ccc3C456)cc21. The number of hydrogen-bond donors (Lipinski definition) is 0. The number of rotatable bonds is 6. The van der Waals surface area contributed by atoms with Crippen LogP contribution in [0.15, 0.2) is 243 Å². The van der Waals surface area contributed by atoms with Gasteiger partial charge in [-0.3, -0.25) is 0 Å². The average Bonchev–Trinajstić information content (AvgIpc) is 2.52. The second-order valence-electron chi connectivity index (χ2n) is 22.5. The van der Waals surface area contributed by atoms with Crippen LogP contribution in [-0.4, -0.2) is 0 Å². The quantitative estimate of drug-likeness (QED) is 0.161. The molecule has 6 aliphatic carbocycles. The van der Waals surface area contributed by atoms with Crippen LogP contribution < -0.4 is 15.3 Å². The predicted molar refractivity (Wildman–Crippen MR) is 310 cm³/mol. The number of benzene rings is 11. The Morgan fingerprint density at radius 1 is 0.333 bits per heavy atom. The zero-order valence-corrected chi connectivity index (χ0v) is 42.0. The highest BCUT2D eigenvalue weighted by molar-refractivity contribution is 6.13. The van der Waals surface area contributed by atoms with Crippen molar-refractivity contribution < 1.29 is 0 Å². The highest BCUT2D eigenvalue weighted by Crippen LogP contribution is 2.93. The smallest absolute Gasteiger partial charge is 0.0512 e. The first-order valence-electron chi connectivity index (χ1n) is 27.0. The first-order chi connectivity index (χ1) is 36.9. The minimum atomic E-state index is -0.410. The maximum absolute atomic E-state index is 2.66. The summed E-state index contributed by atoms with van der Waals surface area (Å²) in [4.78, 5) is 2.57. The summed E-state index contributed by atoms with van der Waals surface area (Å²) in [5.74, 6) is 0. The van der Waals surface area contributed by atoms with E-state index in [0.29, 0.717) is 0 Å². The maximum Gasteiger partial charge on any atom is 0.0512 e. The number of nitrogens with zero attached hydrogens (tertiary/aromatic N) is 1. The van der Waals surface area contributed by atoms with Crippen LogP contribution in [0.2, 0.25) is 0 Å². The fourth-order valence-corrected chi connectivity index (χ4v) is 16.4. The van der Waals surface area contributed by atoms with Gasteiger partial charge in [-0.2, -0.15) is 0 Å². The highest BCUT2D eigenvalue weighted by Gasteiger charge is 2.95. The van der Waals surface area contributed by atoms with Crippen molar-refractivity contribution in [3.63, 3.8) is 0 Å². The van der Waals surface area contributed by atoms with Gasteiger partial charge >= 0.3 is 0 Å². The van der Waals surface area contributed by atoms with Gasteiger partial charge < -0.3 is 4.90 Å². The molecule has 0 bridgehead atoms. The van der Waals surface area contributed by atoms with Crippen LogP contribution in [-0.2, 0) is 21.7 Å². The molecule has 3 unspecified atom stereocenters. The van der Waals surface area contributed by atoms with Gasteiger partial charge in [0.2, 0.25) is 0 Å². The Kier molecular flexibility index (Phi) is 8.05. The van der Waals surface area contributed by atoms with Crippen molar-refractivity contribution in [2.24, 2.45) is 0 Å². The molecule has 0 N–H and O–H groups in total. The van der Waals surface area contributed by atoms with Gasteiger partial charge in [-0.25, -0.2) is 0 Å². The summed E-state index contributed by atoms with van der Waals surface area (Å²) in [6, 6.07) is 93.2. The lowest BCUT2D eigenvalue weighted by atomic mass is 9.65. The van der Waals surface area contributed by atoms with E-state index < -0.39 is 5.41 Å². The summed E-state index contributed by atoms with van der Waals surface area (Å²) in [5, 5.41) is 5.65. The van der Waals surface area contributed by atoms with Crippen LogP contribution in [0.3, 0.4) is 0 Å². The lowest BCUT2D eigenvalue weighted by molar-refractivity contribution is 0.660. The Labute approximate surface area is 438 Å². The van der Waals surface area contributed by atoms with Gasteiger partial charge in [0.1, 0.15) is 0 Å². The molecule has 0 heterocycles. The Morgan fingerprint density at radius 2 is 0.867 bits per heavy atom. The van der Waals surface area contributed by atoms with Gasteiger partial charge in [0, 0.05) is 27.9 Å². The van der Waals surface area contributed by atoms with Crippen molar-refractivity contribution in [1.82, 2.24) is 0 Å². The van der Waals surface area contributed by atoms with Gasteiger partial charge in [-0.05, 0) is 183 Å². The summed E-state index contributed by atoms with van der Waals surface area (Å²) < 4.78 is 0. The summed E-state index contributed by atoms with van der Waals surface area (Å²) in [6.07, 6.45) is 4.61. The Hall–Kier alpha value is -8.78. The monoisotopic (exact) mass is 953 g/mol. The zero-order chi connectivity index (χ0) is 49.4. The van der Waals surface area contributed by atoms with Gasteiger partial charge in [0.25, 0.3) is 0 Å². The number of fused-ring (bicyclic) bond motifs is 6. The minimum Gasteiger partial charge on any atom is -0.310 e. The van der Waals surface area contributed by atoms with E-state index in [0.717, 1.165) is 18.5 Å². The van der Waals surface area contributed by atoms with Crippen LogP contribution in [0.5, 0.6) is 0 Å². The van der Waals surface area contributed by atoms with E-state index in [9.17, 15) is 0 Å². The summed E-state index contributed by atoms with van der Waals surface area (Å²) in [7, 11) is 0. The lowest BCUT2D eigenvalue weighted by Crippen LogP contribution is -2.40. The summed E-state index contributed by atoms with van der Waals surface area (Å²) >= 11 is 0. The fraction of sp³-hybridized carbons (Fsp3) is 0.108. The molecule has 0 saturated heterocycles.